The van der Waals surface area contributed by atoms with E-state index in [1.54, 1.807) is 0 Å². The highest BCUT2D eigenvalue weighted by molar-refractivity contribution is 5.63. The van der Waals surface area contributed by atoms with Gasteiger partial charge >= 0.3 is 0 Å². The lowest BCUT2D eigenvalue weighted by Gasteiger charge is -2.04. The van der Waals surface area contributed by atoms with E-state index >= 15 is 0 Å². The third kappa shape index (κ3) is 1.83. The molecular weight excluding hydrogens is 198 g/mol. The maximum atomic E-state index is 13.7. The Balaban J connectivity index is 2.64. The highest BCUT2D eigenvalue weighted by atomic mass is 19.1. The van der Waals surface area contributed by atoms with Crippen LogP contribution in [0.25, 0.3) is 11.1 Å². The second-order valence-electron chi connectivity index (χ2n) is 3.09. The summed E-state index contributed by atoms with van der Waals surface area (Å²) in [6, 6.07) is 2.42. The normalized spacial score (nSPS) is 11.3. The fraction of sp³-hybridized carbons (Fsp3) is 0.0909. The molecule has 0 aliphatic heterocycles. The Morgan fingerprint density at radius 3 is 2.87 bits per heavy atom. The highest BCUT2D eigenvalue weighted by Gasteiger charge is 2.08. The summed E-state index contributed by atoms with van der Waals surface area (Å²) in [5, 5.41) is 0. The summed E-state index contributed by atoms with van der Waals surface area (Å²) in [5.41, 5.74) is 0.563. The van der Waals surface area contributed by atoms with Crippen molar-refractivity contribution in [1.29, 1.82) is 0 Å². The molecule has 0 aliphatic carbocycles. The molecule has 15 heavy (non-hydrogen) atoms. The monoisotopic (exact) mass is 207 g/mol. The van der Waals surface area contributed by atoms with Crippen LogP contribution >= 0.6 is 0 Å². The zero-order valence-electron chi connectivity index (χ0n) is 8.96. The lowest BCUT2D eigenvalue weighted by Crippen LogP contribution is -1.92. The number of pyridine rings is 2. The number of aryl methyl sites for hydroxylation is 1. The van der Waals surface area contributed by atoms with Gasteiger partial charge in [-0.3, -0.25) is 9.97 Å². The van der Waals surface area contributed by atoms with Crippen molar-refractivity contribution in [3.8, 4) is 11.1 Å². The third-order valence-electron chi connectivity index (χ3n) is 2.01. The standard InChI is InChI=1S/C11H8F2N2/c1-7-11(13)10(2-3-15-7)8-4-9(12)6-14-5-8/h2-6H,1H3/i3D. The molecule has 0 saturated carbocycles. The number of aromatic nitrogens is 2. The smallest absolute Gasteiger partial charge is 0.152 e. The second-order valence-corrected chi connectivity index (χ2v) is 3.09. The zero-order valence-corrected chi connectivity index (χ0v) is 7.96. The minimum atomic E-state index is -0.552. The number of hydrogen-bond acceptors (Lipinski definition) is 2. The molecule has 0 bridgehead atoms. The molecule has 0 fully saturated rings. The summed E-state index contributed by atoms with van der Waals surface area (Å²) in [5.74, 6) is -1.10. The molecule has 0 radical (unpaired) electrons. The van der Waals surface area contributed by atoms with Crippen LogP contribution in [0.2, 0.25) is 0 Å². The van der Waals surface area contributed by atoms with E-state index in [-0.39, 0.29) is 17.4 Å². The Hall–Kier alpha value is -1.84. The molecule has 0 spiro atoms. The van der Waals surface area contributed by atoms with Gasteiger partial charge in [0.1, 0.15) is 5.82 Å². The Morgan fingerprint density at radius 2 is 2.13 bits per heavy atom. The molecule has 0 saturated heterocycles. The predicted molar refractivity (Wildman–Crippen MR) is 52.1 cm³/mol. The Kier molecular flexibility index (Phi) is 2.10. The first-order valence-corrected chi connectivity index (χ1v) is 4.32. The third-order valence-corrected chi connectivity index (χ3v) is 2.01. The largest absolute Gasteiger partial charge is 0.261 e. The van der Waals surface area contributed by atoms with Gasteiger partial charge in [0.05, 0.1) is 13.3 Å². The summed E-state index contributed by atoms with van der Waals surface area (Å²) in [6.07, 6.45) is 2.33. The molecular formula is C11H8F2N2. The van der Waals surface area contributed by atoms with Crippen molar-refractivity contribution in [2.24, 2.45) is 0 Å². The molecule has 2 nitrogen and oxygen atoms in total. The van der Waals surface area contributed by atoms with Gasteiger partial charge in [0.2, 0.25) is 0 Å². The van der Waals surface area contributed by atoms with E-state index in [2.05, 4.69) is 9.97 Å². The fourth-order valence-corrected chi connectivity index (χ4v) is 1.27. The molecule has 0 aromatic carbocycles. The average molecular weight is 207 g/mol. The van der Waals surface area contributed by atoms with Gasteiger partial charge in [-0.05, 0) is 19.1 Å². The SMILES string of the molecule is [2H]c1cc(-c2cncc(F)c2)c(F)c(C)n1. The van der Waals surface area contributed by atoms with Gasteiger partial charge < -0.3 is 0 Å². The maximum Gasteiger partial charge on any atom is 0.152 e. The van der Waals surface area contributed by atoms with Crippen molar-refractivity contribution in [2.45, 2.75) is 6.92 Å². The van der Waals surface area contributed by atoms with Gasteiger partial charge in [-0.25, -0.2) is 8.78 Å². The van der Waals surface area contributed by atoms with E-state index in [4.69, 9.17) is 1.37 Å². The van der Waals surface area contributed by atoms with Gasteiger partial charge in [-0.1, -0.05) is 0 Å². The van der Waals surface area contributed by atoms with E-state index in [0.29, 0.717) is 5.56 Å². The predicted octanol–water partition coefficient (Wildman–Crippen LogP) is 2.73. The molecule has 2 aromatic heterocycles. The fourth-order valence-electron chi connectivity index (χ4n) is 1.27. The minimum absolute atomic E-state index is 0.0573. The molecule has 0 atom stereocenters. The molecule has 2 rings (SSSR count). The molecule has 4 heteroatoms. The van der Waals surface area contributed by atoms with E-state index < -0.39 is 11.6 Å². The molecule has 2 aromatic rings. The summed E-state index contributed by atoms with van der Waals surface area (Å²) in [7, 11) is 0. The molecule has 0 unspecified atom stereocenters. The Labute approximate surface area is 87.0 Å². The van der Waals surface area contributed by atoms with Crippen molar-refractivity contribution < 1.29 is 10.2 Å². The second kappa shape index (κ2) is 3.73. The number of nitrogens with zero attached hydrogens (tertiary/aromatic N) is 2. The Bertz CT molecular complexity index is 544. The number of hydrogen-bond donors (Lipinski definition) is 0. The van der Waals surface area contributed by atoms with Crippen LogP contribution in [0.5, 0.6) is 0 Å². The van der Waals surface area contributed by atoms with E-state index in [1.165, 1.54) is 25.3 Å². The van der Waals surface area contributed by atoms with Crippen molar-refractivity contribution in [1.82, 2.24) is 9.97 Å². The minimum Gasteiger partial charge on any atom is -0.261 e. The first kappa shape index (κ1) is 8.47. The van der Waals surface area contributed by atoms with Crippen LogP contribution < -0.4 is 0 Å². The zero-order chi connectivity index (χ0) is 11.7. The highest BCUT2D eigenvalue weighted by Crippen LogP contribution is 2.23. The maximum absolute atomic E-state index is 13.7. The first-order valence-electron chi connectivity index (χ1n) is 4.82. The quantitative estimate of drug-likeness (QED) is 0.718. The molecule has 2 heterocycles. The van der Waals surface area contributed by atoms with Crippen LogP contribution in [-0.4, -0.2) is 9.97 Å². The van der Waals surface area contributed by atoms with Gasteiger partial charge in [0.15, 0.2) is 5.82 Å². The van der Waals surface area contributed by atoms with Crippen LogP contribution in [0, 0.1) is 18.6 Å². The average Bonchev–Trinajstić information content (AvgIpc) is 2.23. The van der Waals surface area contributed by atoms with Gasteiger partial charge in [0.25, 0.3) is 0 Å². The van der Waals surface area contributed by atoms with Crippen LogP contribution in [0.4, 0.5) is 8.78 Å². The van der Waals surface area contributed by atoms with Crippen molar-refractivity contribution in [2.75, 3.05) is 0 Å². The van der Waals surface area contributed by atoms with Gasteiger partial charge in [0, 0.05) is 23.5 Å². The van der Waals surface area contributed by atoms with Crippen LogP contribution in [0.15, 0.2) is 30.7 Å². The van der Waals surface area contributed by atoms with Crippen molar-refractivity contribution in [3.63, 3.8) is 0 Å². The Morgan fingerprint density at radius 1 is 1.33 bits per heavy atom. The number of rotatable bonds is 1. The number of halogens is 2. The van der Waals surface area contributed by atoms with Gasteiger partial charge in [-0.2, -0.15) is 0 Å². The summed E-state index contributed by atoms with van der Waals surface area (Å²) in [6.45, 7) is 1.46. The molecule has 0 amide bonds. The topological polar surface area (TPSA) is 25.8 Å². The van der Waals surface area contributed by atoms with Crippen molar-refractivity contribution >= 4 is 0 Å². The molecule has 76 valence electrons. The first-order chi connectivity index (χ1) is 7.58. The van der Waals surface area contributed by atoms with E-state index in [1.807, 2.05) is 0 Å². The van der Waals surface area contributed by atoms with Crippen LogP contribution in [-0.2, 0) is 0 Å². The van der Waals surface area contributed by atoms with Gasteiger partial charge in [-0.15, -0.1) is 0 Å². The summed E-state index contributed by atoms with van der Waals surface area (Å²) < 4.78 is 34.0. The van der Waals surface area contributed by atoms with Crippen LogP contribution in [0.3, 0.4) is 0 Å². The molecule has 0 N–H and O–H groups in total. The van der Waals surface area contributed by atoms with E-state index in [0.717, 1.165) is 6.20 Å². The van der Waals surface area contributed by atoms with Crippen LogP contribution in [0.1, 0.15) is 7.06 Å². The summed E-state index contributed by atoms with van der Waals surface area (Å²) >= 11 is 0. The summed E-state index contributed by atoms with van der Waals surface area (Å²) in [4.78, 5) is 7.30. The lowest BCUT2D eigenvalue weighted by molar-refractivity contribution is 0.610. The van der Waals surface area contributed by atoms with E-state index in [9.17, 15) is 8.78 Å². The lowest BCUT2D eigenvalue weighted by atomic mass is 10.1. The molecule has 0 aliphatic rings. The van der Waals surface area contributed by atoms with Crippen molar-refractivity contribution in [3.05, 3.63) is 48.0 Å².